The molecule has 6 bridgehead atoms. The summed E-state index contributed by atoms with van der Waals surface area (Å²) in [4.78, 5) is 64.6. The lowest BCUT2D eigenvalue weighted by Crippen LogP contribution is -2.70. The van der Waals surface area contributed by atoms with Gasteiger partial charge in [0.05, 0.1) is 43.3 Å². The first-order chi connectivity index (χ1) is 31.5. The van der Waals surface area contributed by atoms with Gasteiger partial charge in [0.15, 0.2) is 0 Å². The molecule has 336 valence electrons. The minimum atomic E-state index is -1.02. The first-order valence-electron chi connectivity index (χ1n) is 23.0. The van der Waals surface area contributed by atoms with E-state index < -0.39 is 29.5 Å². The number of hydrogen-bond donors (Lipinski definition) is 2. The maximum absolute atomic E-state index is 15.2. The van der Waals surface area contributed by atoms with Crippen molar-refractivity contribution in [3.05, 3.63) is 83.0 Å². The fourth-order valence-corrected chi connectivity index (χ4v) is 12.4. The van der Waals surface area contributed by atoms with Gasteiger partial charge in [0, 0.05) is 106 Å². The summed E-state index contributed by atoms with van der Waals surface area (Å²) < 4.78 is 14.3. The van der Waals surface area contributed by atoms with Gasteiger partial charge in [-0.3, -0.25) is 29.3 Å². The number of rotatable bonds is 6. The molecule has 15 nitrogen and oxygen atoms in total. The van der Waals surface area contributed by atoms with E-state index in [1.807, 2.05) is 25.3 Å². The third-order valence-corrected chi connectivity index (χ3v) is 15.8. The van der Waals surface area contributed by atoms with Gasteiger partial charge in [0.25, 0.3) is 5.91 Å². The average Bonchev–Trinajstić information content (AvgIpc) is 3.67. The van der Waals surface area contributed by atoms with Crippen molar-refractivity contribution in [1.82, 2.24) is 45.2 Å². The van der Waals surface area contributed by atoms with Crippen LogP contribution in [0.25, 0.3) is 33.4 Å². The highest BCUT2D eigenvalue weighted by Gasteiger charge is 2.57. The Bertz CT molecular complexity index is 2690. The molecule has 4 aromatic heterocycles. The van der Waals surface area contributed by atoms with E-state index in [4.69, 9.17) is 14.5 Å². The van der Waals surface area contributed by atoms with Gasteiger partial charge in [-0.1, -0.05) is 26.8 Å². The van der Waals surface area contributed by atoms with E-state index in [0.717, 1.165) is 68.9 Å². The molecular weight excluding hydrogens is 841 g/mol. The zero-order valence-corrected chi connectivity index (χ0v) is 37.8. The highest BCUT2D eigenvalue weighted by atomic mass is 32.1. The zero-order valence-electron chi connectivity index (χ0n) is 37.0. The van der Waals surface area contributed by atoms with Gasteiger partial charge in [-0.15, -0.1) is 11.3 Å². The Hall–Kier alpha value is -5.60. The summed E-state index contributed by atoms with van der Waals surface area (Å²) in [5.74, 6) is -1.41. The van der Waals surface area contributed by atoms with Crippen LogP contribution in [0.15, 0.2) is 66.7 Å². The van der Waals surface area contributed by atoms with E-state index in [0.29, 0.717) is 52.1 Å². The summed E-state index contributed by atoms with van der Waals surface area (Å²) in [6.45, 7) is 9.50. The van der Waals surface area contributed by atoms with Crippen LogP contribution in [-0.2, 0) is 30.3 Å². The fourth-order valence-electron chi connectivity index (χ4n) is 11.4. The first kappa shape index (κ1) is 42.1. The molecule has 1 spiro atoms. The number of nitrogens with zero attached hydrogens (tertiary/aromatic N) is 8. The average molecular weight is 895 g/mol. The molecular formula is C49H54N10O5S. The molecule has 6 aliphatic rings. The second kappa shape index (κ2) is 16.4. The van der Waals surface area contributed by atoms with Crippen molar-refractivity contribution in [3.8, 4) is 28.6 Å². The molecule has 2 amide bonds. The molecule has 5 fully saturated rings. The molecule has 4 aliphatic heterocycles. The summed E-state index contributed by atoms with van der Waals surface area (Å²) >= 11 is 1.50. The fraction of sp³-hybridized carbons (Fsp3) is 0.510. The highest BCUT2D eigenvalue weighted by molar-refractivity contribution is 7.10. The van der Waals surface area contributed by atoms with Gasteiger partial charge in [-0.25, -0.2) is 20.4 Å². The number of ether oxygens (including phenoxy) is 2. The monoisotopic (exact) mass is 894 g/mol. The highest BCUT2D eigenvalue weighted by Crippen LogP contribution is 2.54. The van der Waals surface area contributed by atoms with Crippen LogP contribution in [0.5, 0.6) is 0 Å². The van der Waals surface area contributed by atoms with Gasteiger partial charge in [0.1, 0.15) is 23.4 Å². The number of aromatic nitrogens is 5. The molecule has 11 rings (SSSR count). The zero-order chi connectivity index (χ0) is 44.6. The number of nitriles is 1. The molecule has 3 saturated heterocycles. The number of benzene rings is 1. The minimum absolute atomic E-state index is 0.00593. The molecule has 2 saturated carbocycles. The van der Waals surface area contributed by atoms with E-state index in [2.05, 4.69) is 84.7 Å². The number of amides is 2. The Morgan fingerprint density at radius 3 is 2.65 bits per heavy atom. The smallest absolute Gasteiger partial charge is 0.324 e. The van der Waals surface area contributed by atoms with Gasteiger partial charge in [-0.2, -0.15) is 5.26 Å². The van der Waals surface area contributed by atoms with Gasteiger partial charge >= 0.3 is 5.97 Å². The van der Waals surface area contributed by atoms with Crippen molar-refractivity contribution in [1.29, 1.82) is 5.26 Å². The number of carbonyl (C=O) groups is 3. The van der Waals surface area contributed by atoms with Gasteiger partial charge in [-0.05, 0) is 80.3 Å². The number of esters is 1. The van der Waals surface area contributed by atoms with E-state index in [9.17, 15) is 14.9 Å². The molecule has 8 atom stereocenters. The largest absolute Gasteiger partial charge is 0.464 e. The summed E-state index contributed by atoms with van der Waals surface area (Å²) in [6.07, 6.45) is 11.1. The normalized spacial score (nSPS) is 29.6. The van der Waals surface area contributed by atoms with Crippen molar-refractivity contribution in [2.24, 2.45) is 28.6 Å². The summed E-state index contributed by atoms with van der Waals surface area (Å²) in [5, 5.41) is 18.7. The van der Waals surface area contributed by atoms with Crippen LogP contribution in [0.1, 0.15) is 87.1 Å². The topological polar surface area (TPSA) is 180 Å². The number of likely N-dealkylation sites (tertiary alicyclic amines) is 1. The lowest BCUT2D eigenvalue weighted by molar-refractivity contribution is -0.202. The molecule has 0 unspecified atom stereocenters. The van der Waals surface area contributed by atoms with Crippen molar-refractivity contribution < 1.29 is 23.9 Å². The van der Waals surface area contributed by atoms with E-state index >= 15 is 4.79 Å². The molecule has 8 heterocycles. The van der Waals surface area contributed by atoms with Crippen LogP contribution in [0, 0.1) is 39.9 Å². The molecule has 16 heteroatoms. The lowest BCUT2D eigenvalue weighted by Gasteiger charge is -2.58. The predicted octanol–water partition coefficient (Wildman–Crippen LogP) is 6.01. The van der Waals surface area contributed by atoms with Crippen LogP contribution in [-0.4, -0.2) is 104 Å². The van der Waals surface area contributed by atoms with E-state index in [1.54, 1.807) is 12.4 Å². The number of fused-ring (bicyclic) bond motifs is 6. The number of thiazole rings is 1. The Morgan fingerprint density at radius 2 is 1.91 bits per heavy atom. The summed E-state index contributed by atoms with van der Waals surface area (Å²) in [6, 6.07) is 12.7. The summed E-state index contributed by atoms with van der Waals surface area (Å²) in [7, 11) is 0. The van der Waals surface area contributed by atoms with Crippen molar-refractivity contribution in [3.63, 3.8) is 0 Å². The third-order valence-electron chi connectivity index (χ3n) is 14.9. The van der Waals surface area contributed by atoms with Crippen molar-refractivity contribution in [2.45, 2.75) is 89.4 Å². The Morgan fingerprint density at radius 1 is 1.05 bits per heavy atom. The standard InChI is InChI=1S/C49H54N10O5S/c1-28-39(35-12-14-52-27-53-35)40(28)44(60)55-41-43(57-22-49(23-57)25-63-26-49)45-54-37(21-65-45)30-9-11-38-33(17-30)34(18-48(2,3)24-64-47(62)36-7-5-15-58(56-36)46(41)61)42(31-6-4-13-51-20-31)59(38)32-10-8-29(16-32)19-50/h4,6,9,11-14,17,20-21,27-29,32,36,39-41,43,56H,5,7-8,10,15-16,18,22-26H2,1-3H3,(H,55,60)/t28-,29+,32-,36-,39-,40+,41-,43-/m0/s1. The van der Waals surface area contributed by atoms with Gasteiger partial charge in [0.2, 0.25) is 5.91 Å². The number of carbonyl (C=O) groups excluding carboxylic acids is 3. The number of hydrazine groups is 1. The SMILES string of the molecule is C[C@@H]1[C@@H](C(=O)N[C@@H]2C(=O)N3CCC[C@H](N3)C(=O)OCC(C)(C)Cc3c(-c4cccnc4)n([C@H]4CC[C@@H](C#N)C4)c4ccc(cc34)-c3csc(n3)[C@H]2N2CC3(COC3)C2)[C@@H]1c1ccncn1. The van der Waals surface area contributed by atoms with Crippen molar-refractivity contribution in [2.75, 3.05) is 39.5 Å². The second-order valence-corrected chi connectivity index (χ2v) is 21.1. The maximum Gasteiger partial charge on any atom is 0.324 e. The van der Waals surface area contributed by atoms with Crippen LogP contribution in [0.4, 0.5) is 0 Å². The van der Waals surface area contributed by atoms with Crippen molar-refractivity contribution >= 4 is 40.0 Å². The van der Waals surface area contributed by atoms with Crippen LogP contribution in [0.2, 0.25) is 0 Å². The predicted molar refractivity (Wildman–Crippen MR) is 242 cm³/mol. The molecule has 2 N–H and O–H groups in total. The van der Waals surface area contributed by atoms with E-state index in [1.165, 1.54) is 22.7 Å². The molecule has 1 aromatic carbocycles. The van der Waals surface area contributed by atoms with Crippen LogP contribution >= 0.6 is 11.3 Å². The third kappa shape index (κ3) is 7.59. The minimum Gasteiger partial charge on any atom is -0.464 e. The second-order valence-electron chi connectivity index (χ2n) is 20.2. The van der Waals surface area contributed by atoms with Gasteiger partial charge < -0.3 is 19.4 Å². The Labute approximate surface area is 381 Å². The number of nitrogens with one attached hydrogen (secondary N) is 2. The Kier molecular flexibility index (Phi) is 10.6. The molecule has 2 aliphatic carbocycles. The molecule has 65 heavy (non-hydrogen) atoms. The lowest BCUT2D eigenvalue weighted by atomic mass is 9.76. The molecule has 0 radical (unpaired) electrons. The maximum atomic E-state index is 15.2. The first-order valence-corrected chi connectivity index (χ1v) is 23.9. The van der Waals surface area contributed by atoms with Crippen LogP contribution < -0.4 is 10.7 Å². The van der Waals surface area contributed by atoms with E-state index in [-0.39, 0.29) is 53.5 Å². The quantitative estimate of drug-likeness (QED) is 0.190. The number of pyridine rings is 1. The number of cyclic esters (lactones) is 1. The Balaban J connectivity index is 1.04. The molecule has 5 aromatic rings. The number of hydrogen-bond acceptors (Lipinski definition) is 13. The van der Waals surface area contributed by atoms with Crippen LogP contribution in [0.3, 0.4) is 0 Å². The summed E-state index contributed by atoms with van der Waals surface area (Å²) in [5.41, 5.74) is 9.55.